The average molecular weight is 389 g/mol. The first-order valence-corrected chi connectivity index (χ1v) is 9.58. The third-order valence-corrected chi connectivity index (χ3v) is 4.91. The highest BCUT2D eigenvalue weighted by molar-refractivity contribution is 6.03. The largest absolute Gasteiger partial charge is 0.478 e. The van der Waals surface area contributed by atoms with E-state index in [0.717, 1.165) is 30.4 Å². The average Bonchev–Trinajstić information content (AvgIpc) is 3.22. The van der Waals surface area contributed by atoms with Gasteiger partial charge in [-0.15, -0.1) is 0 Å². The Bertz CT molecular complexity index is 1180. The van der Waals surface area contributed by atoms with Crippen LogP contribution < -0.4 is 0 Å². The van der Waals surface area contributed by atoms with Gasteiger partial charge in [0.15, 0.2) is 5.76 Å². The van der Waals surface area contributed by atoms with E-state index in [1.54, 1.807) is 30.3 Å². The van der Waals surface area contributed by atoms with Crippen LogP contribution in [-0.4, -0.2) is 16.1 Å². The third kappa shape index (κ3) is 3.90. The fourth-order valence-electron chi connectivity index (χ4n) is 3.36. The molecule has 0 aliphatic heterocycles. The molecular formula is C24H20FNO3. The van der Waals surface area contributed by atoms with Crippen molar-refractivity contribution in [2.24, 2.45) is 0 Å². The van der Waals surface area contributed by atoms with E-state index < -0.39 is 5.97 Å². The van der Waals surface area contributed by atoms with Gasteiger partial charge in [0.05, 0.1) is 11.1 Å². The first-order chi connectivity index (χ1) is 14.0. The maximum absolute atomic E-state index is 13.1. The lowest BCUT2D eigenvalue weighted by molar-refractivity contribution is 0.0699. The molecule has 0 bridgehead atoms. The van der Waals surface area contributed by atoms with Crippen LogP contribution in [0.5, 0.6) is 0 Å². The van der Waals surface area contributed by atoms with Crippen molar-refractivity contribution < 1.29 is 18.7 Å². The predicted octanol–water partition coefficient (Wildman–Crippen LogP) is 6.34. The monoisotopic (exact) mass is 389 g/mol. The van der Waals surface area contributed by atoms with Gasteiger partial charge in [0, 0.05) is 10.9 Å². The summed E-state index contributed by atoms with van der Waals surface area (Å²) in [6.45, 7) is 2.13. The number of hydrogen-bond acceptors (Lipinski definition) is 3. The fourth-order valence-corrected chi connectivity index (χ4v) is 3.36. The lowest BCUT2D eigenvalue weighted by atomic mass is 10.0. The van der Waals surface area contributed by atoms with E-state index in [-0.39, 0.29) is 11.4 Å². The van der Waals surface area contributed by atoms with Crippen LogP contribution in [0, 0.1) is 5.82 Å². The highest BCUT2D eigenvalue weighted by Crippen LogP contribution is 2.31. The van der Waals surface area contributed by atoms with E-state index in [4.69, 9.17) is 4.42 Å². The number of nitrogens with zero attached hydrogens (tertiary/aromatic N) is 1. The number of carbonyl (C=O) groups is 1. The summed E-state index contributed by atoms with van der Waals surface area (Å²) in [5.41, 5.74) is 3.10. The Kier molecular flexibility index (Phi) is 5.12. The Balaban J connectivity index is 1.76. The molecule has 2 aromatic carbocycles. The third-order valence-electron chi connectivity index (χ3n) is 4.91. The minimum absolute atomic E-state index is 0.197. The Morgan fingerprint density at radius 3 is 2.52 bits per heavy atom. The van der Waals surface area contributed by atoms with E-state index in [1.807, 2.05) is 18.2 Å². The summed E-state index contributed by atoms with van der Waals surface area (Å²) in [5, 5.41) is 10.4. The fraction of sp³-hybridized carbons (Fsp3) is 0.167. The Morgan fingerprint density at radius 2 is 1.79 bits per heavy atom. The van der Waals surface area contributed by atoms with Crippen molar-refractivity contribution in [1.82, 2.24) is 4.98 Å². The second-order valence-corrected chi connectivity index (χ2v) is 6.99. The second-order valence-electron chi connectivity index (χ2n) is 6.99. The van der Waals surface area contributed by atoms with Gasteiger partial charge in [-0.25, -0.2) is 14.2 Å². The number of fused-ring (bicyclic) bond motifs is 1. The minimum Gasteiger partial charge on any atom is -0.478 e. The molecule has 0 radical (unpaired) electrons. The van der Waals surface area contributed by atoms with Crippen LogP contribution in [-0.2, 0) is 6.42 Å². The first kappa shape index (κ1) is 18.9. The summed E-state index contributed by atoms with van der Waals surface area (Å²) < 4.78 is 19.0. The number of hydrogen-bond donors (Lipinski definition) is 1. The highest BCUT2D eigenvalue weighted by Gasteiger charge is 2.16. The quantitative estimate of drug-likeness (QED) is 0.418. The van der Waals surface area contributed by atoms with Gasteiger partial charge in [0.25, 0.3) is 0 Å². The predicted molar refractivity (Wildman–Crippen MR) is 110 cm³/mol. The summed E-state index contributed by atoms with van der Waals surface area (Å²) >= 11 is 0. The van der Waals surface area contributed by atoms with Crippen molar-refractivity contribution in [2.75, 3.05) is 0 Å². The molecular weight excluding hydrogens is 369 g/mol. The Morgan fingerprint density at radius 1 is 1.03 bits per heavy atom. The molecule has 0 aliphatic carbocycles. The second kappa shape index (κ2) is 7.87. The Hall–Kier alpha value is -3.47. The molecule has 0 saturated carbocycles. The van der Waals surface area contributed by atoms with E-state index in [2.05, 4.69) is 11.9 Å². The summed E-state index contributed by atoms with van der Waals surface area (Å²) in [7, 11) is 0. The maximum Gasteiger partial charge on any atom is 0.336 e. The maximum atomic E-state index is 13.1. The van der Waals surface area contributed by atoms with E-state index in [9.17, 15) is 14.3 Å². The van der Waals surface area contributed by atoms with Crippen LogP contribution >= 0.6 is 0 Å². The molecule has 0 aliphatic rings. The van der Waals surface area contributed by atoms with Gasteiger partial charge in [0.2, 0.25) is 0 Å². The van der Waals surface area contributed by atoms with Gasteiger partial charge in [-0.3, -0.25) is 0 Å². The van der Waals surface area contributed by atoms with E-state index in [1.165, 1.54) is 12.1 Å². The number of carboxylic acids is 1. The molecule has 0 amide bonds. The number of furan rings is 1. The molecule has 0 saturated heterocycles. The van der Waals surface area contributed by atoms with E-state index in [0.29, 0.717) is 28.1 Å². The van der Waals surface area contributed by atoms with Crippen LogP contribution in [0.3, 0.4) is 0 Å². The van der Waals surface area contributed by atoms with Gasteiger partial charge < -0.3 is 9.52 Å². The van der Waals surface area contributed by atoms with Crippen LogP contribution in [0.1, 0.15) is 35.7 Å². The minimum atomic E-state index is -1.00. The Labute approximate surface area is 167 Å². The number of pyridine rings is 1. The van der Waals surface area contributed by atoms with E-state index >= 15 is 0 Å². The molecule has 4 rings (SSSR count). The molecule has 2 heterocycles. The molecule has 1 N–H and O–H groups in total. The number of aromatic carboxylic acids is 1. The lowest BCUT2D eigenvalue weighted by Gasteiger charge is -2.08. The molecule has 2 aromatic heterocycles. The van der Waals surface area contributed by atoms with Crippen LogP contribution in [0.2, 0.25) is 0 Å². The number of aromatic nitrogens is 1. The number of aryl methyl sites for hydroxylation is 1. The molecule has 0 atom stereocenters. The van der Waals surface area contributed by atoms with Crippen molar-refractivity contribution in [3.05, 3.63) is 77.6 Å². The topological polar surface area (TPSA) is 63.3 Å². The summed E-state index contributed by atoms with van der Waals surface area (Å²) in [6, 6.07) is 16.8. The number of rotatable bonds is 6. The zero-order valence-electron chi connectivity index (χ0n) is 16.0. The number of carboxylic acid groups (broad SMARTS) is 1. The molecule has 0 fully saturated rings. The van der Waals surface area contributed by atoms with Crippen molar-refractivity contribution in [3.8, 4) is 22.8 Å². The molecule has 0 unspecified atom stereocenters. The molecule has 29 heavy (non-hydrogen) atoms. The molecule has 5 heteroatoms. The number of halogens is 1. The lowest BCUT2D eigenvalue weighted by Crippen LogP contribution is -2.01. The molecule has 146 valence electrons. The number of benzene rings is 2. The summed E-state index contributed by atoms with van der Waals surface area (Å²) in [5.74, 6) is -0.296. The van der Waals surface area contributed by atoms with Crippen molar-refractivity contribution >= 4 is 16.9 Å². The molecule has 0 spiro atoms. The van der Waals surface area contributed by atoms with Gasteiger partial charge in [0.1, 0.15) is 17.3 Å². The smallest absolute Gasteiger partial charge is 0.336 e. The van der Waals surface area contributed by atoms with Crippen molar-refractivity contribution in [2.45, 2.75) is 26.2 Å². The first-order valence-electron chi connectivity index (χ1n) is 9.58. The summed E-state index contributed by atoms with van der Waals surface area (Å²) in [6.07, 6.45) is 3.04. The van der Waals surface area contributed by atoms with Crippen molar-refractivity contribution in [1.29, 1.82) is 0 Å². The standard InChI is InChI=1S/C24H20FNO3/c1-2-3-4-15-5-10-20-18(13-15)19(24(27)28)14-21(26-20)23-12-11-22(29-23)16-6-8-17(25)9-7-16/h5-14H,2-4H2,1H3,(H,27,28). The van der Waals surface area contributed by atoms with Gasteiger partial charge >= 0.3 is 5.97 Å². The molecule has 4 aromatic rings. The van der Waals surface area contributed by atoms with Crippen LogP contribution in [0.25, 0.3) is 33.7 Å². The summed E-state index contributed by atoms with van der Waals surface area (Å²) in [4.78, 5) is 16.5. The normalized spacial score (nSPS) is 11.1. The zero-order valence-corrected chi connectivity index (χ0v) is 16.0. The highest BCUT2D eigenvalue weighted by atomic mass is 19.1. The van der Waals surface area contributed by atoms with Gasteiger partial charge in [-0.1, -0.05) is 19.4 Å². The number of unbranched alkanes of at least 4 members (excludes halogenated alkanes) is 1. The van der Waals surface area contributed by atoms with Crippen LogP contribution in [0.4, 0.5) is 4.39 Å². The zero-order chi connectivity index (χ0) is 20.4. The SMILES string of the molecule is CCCCc1ccc2nc(-c3ccc(-c4ccc(F)cc4)o3)cc(C(=O)O)c2c1. The van der Waals surface area contributed by atoms with Gasteiger partial charge in [-0.2, -0.15) is 0 Å². The van der Waals surface area contributed by atoms with Crippen LogP contribution in [0.15, 0.2) is 65.1 Å². The van der Waals surface area contributed by atoms with Gasteiger partial charge in [-0.05, 0) is 73.0 Å². The molecule has 4 nitrogen and oxygen atoms in total. The van der Waals surface area contributed by atoms with Crippen molar-refractivity contribution in [3.63, 3.8) is 0 Å².